The Labute approximate surface area is 63.0 Å². The van der Waals surface area contributed by atoms with Crippen LogP contribution in [0, 0.1) is 0 Å². The van der Waals surface area contributed by atoms with Crippen molar-refractivity contribution in [1.29, 1.82) is 0 Å². The Balaban J connectivity index is 3.66. The van der Waals surface area contributed by atoms with Gasteiger partial charge in [0.05, 0.1) is 0 Å². The molecule has 0 radical (unpaired) electrons. The summed E-state index contributed by atoms with van der Waals surface area (Å²) in [5, 5.41) is 0. The number of nitrogens with zero attached hydrogens (tertiary/aromatic N) is 2. The summed E-state index contributed by atoms with van der Waals surface area (Å²) in [7, 11) is 3.95. The first-order valence-electron chi connectivity index (χ1n) is 2.38. The maximum atomic E-state index is 4.05. The minimum absolute atomic E-state index is 1.04. The van der Waals surface area contributed by atoms with Crippen molar-refractivity contribution in [3.8, 4) is 0 Å². The zero-order chi connectivity index (χ0) is 6.57. The van der Waals surface area contributed by atoms with Gasteiger partial charge < -0.3 is 0 Å². The molecule has 46 valence electrons. The fraction of sp³-hybridized carbons (Fsp3) is 0.600. The minimum atomic E-state index is 1.04. The predicted octanol–water partition coefficient (Wildman–Crippen LogP) is -0.105. The molecule has 0 aromatic carbocycles. The zero-order valence-electron chi connectivity index (χ0n) is 5.38. The van der Waals surface area contributed by atoms with Crippen LogP contribution >= 0.6 is 0 Å². The van der Waals surface area contributed by atoms with Gasteiger partial charge in [-0.1, -0.05) is 0 Å². The van der Waals surface area contributed by atoms with Crippen molar-refractivity contribution in [2.24, 2.45) is 4.99 Å². The van der Waals surface area contributed by atoms with Crippen molar-refractivity contribution in [3.05, 3.63) is 0 Å². The molecule has 0 bridgehead atoms. The van der Waals surface area contributed by atoms with E-state index in [1.54, 1.807) is 6.21 Å². The van der Waals surface area contributed by atoms with Gasteiger partial charge in [-0.15, -0.1) is 0 Å². The third-order valence-corrected chi connectivity index (χ3v) is 1.97. The number of aliphatic imine (C=N–C) groups is 1. The summed E-state index contributed by atoms with van der Waals surface area (Å²) in [5.41, 5.74) is 0. The van der Waals surface area contributed by atoms with Gasteiger partial charge >= 0.3 is 62.7 Å². The molecular formula is C5H10N2Te. The maximum absolute atomic E-state index is 4.05. The van der Waals surface area contributed by atoms with E-state index in [1.165, 1.54) is 0 Å². The van der Waals surface area contributed by atoms with Gasteiger partial charge in [-0.05, 0) is 0 Å². The van der Waals surface area contributed by atoms with E-state index >= 15 is 0 Å². The molecule has 0 heterocycles. The van der Waals surface area contributed by atoms with Gasteiger partial charge in [-0.25, -0.2) is 0 Å². The summed E-state index contributed by atoms with van der Waals surface area (Å²) in [5.74, 6) is 0. The summed E-state index contributed by atoms with van der Waals surface area (Å²) in [6, 6.07) is 0. The second kappa shape index (κ2) is 4.05. The molecule has 0 spiro atoms. The predicted molar refractivity (Wildman–Crippen MR) is 38.6 cm³/mol. The normalized spacial score (nSPS) is 9.88. The fourth-order valence-corrected chi connectivity index (χ4v) is 0.527. The first-order valence-corrected chi connectivity index (χ1v) is 3.55. The SMILES string of the molecule is CC=NC(=[Te])N(C)C. The van der Waals surface area contributed by atoms with E-state index in [0.717, 1.165) is 3.80 Å². The zero-order valence-corrected chi connectivity index (χ0v) is 7.71. The van der Waals surface area contributed by atoms with Crippen molar-refractivity contribution < 1.29 is 0 Å². The van der Waals surface area contributed by atoms with Crippen LogP contribution in [0.2, 0.25) is 0 Å². The number of hydrogen-bond donors (Lipinski definition) is 0. The Hall–Kier alpha value is 0.130. The van der Waals surface area contributed by atoms with E-state index in [1.807, 2.05) is 47.7 Å². The molecule has 0 saturated heterocycles. The monoisotopic (exact) mass is 228 g/mol. The molecule has 0 aliphatic heterocycles. The van der Waals surface area contributed by atoms with E-state index in [-0.39, 0.29) is 0 Å². The summed E-state index contributed by atoms with van der Waals surface area (Å²) >= 11 is 1.90. The molecule has 0 amide bonds. The van der Waals surface area contributed by atoms with Crippen molar-refractivity contribution in [3.63, 3.8) is 0 Å². The molecule has 0 aromatic rings. The van der Waals surface area contributed by atoms with Crippen molar-refractivity contribution in [1.82, 2.24) is 4.90 Å². The van der Waals surface area contributed by atoms with Gasteiger partial charge in [0.15, 0.2) is 0 Å². The Bertz CT molecular complexity index is 107. The van der Waals surface area contributed by atoms with E-state index in [0.29, 0.717) is 0 Å². The molecule has 0 N–H and O–H groups in total. The van der Waals surface area contributed by atoms with Crippen molar-refractivity contribution in [2.45, 2.75) is 6.92 Å². The average molecular weight is 226 g/mol. The van der Waals surface area contributed by atoms with Gasteiger partial charge in [0.25, 0.3) is 0 Å². The fourth-order valence-electron chi connectivity index (χ4n) is 0.226. The van der Waals surface area contributed by atoms with Crippen LogP contribution in [0.25, 0.3) is 0 Å². The van der Waals surface area contributed by atoms with Crippen LogP contribution in [0.15, 0.2) is 4.99 Å². The molecule has 8 heavy (non-hydrogen) atoms. The first-order chi connectivity index (χ1) is 3.68. The summed E-state index contributed by atoms with van der Waals surface area (Å²) < 4.78 is 1.04. The van der Waals surface area contributed by atoms with Gasteiger partial charge in [-0.3, -0.25) is 0 Å². The van der Waals surface area contributed by atoms with Crippen LogP contribution < -0.4 is 0 Å². The second-order valence-corrected chi connectivity index (χ2v) is 2.61. The van der Waals surface area contributed by atoms with Gasteiger partial charge in [0.1, 0.15) is 0 Å². The Morgan fingerprint density at radius 1 is 1.62 bits per heavy atom. The topological polar surface area (TPSA) is 15.6 Å². The Kier molecular flexibility index (Phi) is 4.12. The molecule has 0 fully saturated rings. The average Bonchev–Trinajstić information content (AvgIpc) is 1.67. The van der Waals surface area contributed by atoms with Gasteiger partial charge in [0.2, 0.25) is 0 Å². The molecule has 0 aliphatic carbocycles. The Morgan fingerprint density at radius 2 is 2.12 bits per heavy atom. The van der Waals surface area contributed by atoms with Crippen molar-refractivity contribution in [2.75, 3.05) is 14.1 Å². The second-order valence-electron chi connectivity index (χ2n) is 1.56. The van der Waals surface area contributed by atoms with E-state index < -0.39 is 0 Å². The van der Waals surface area contributed by atoms with Crippen LogP contribution in [0.4, 0.5) is 0 Å². The van der Waals surface area contributed by atoms with E-state index in [4.69, 9.17) is 0 Å². The first kappa shape index (κ1) is 8.13. The van der Waals surface area contributed by atoms with Crippen LogP contribution in [0.5, 0.6) is 0 Å². The molecule has 0 atom stereocenters. The molecule has 0 aliphatic rings. The quantitative estimate of drug-likeness (QED) is 0.473. The van der Waals surface area contributed by atoms with E-state index in [9.17, 15) is 0 Å². The molecular weight excluding hydrogens is 216 g/mol. The molecule has 0 saturated carbocycles. The van der Waals surface area contributed by atoms with Crippen molar-refractivity contribution >= 4 is 31.8 Å². The summed E-state index contributed by atoms with van der Waals surface area (Å²) in [4.78, 5) is 6.02. The summed E-state index contributed by atoms with van der Waals surface area (Å²) in [6.45, 7) is 1.91. The van der Waals surface area contributed by atoms with Crippen LogP contribution in [0.1, 0.15) is 6.92 Å². The molecule has 0 unspecified atom stereocenters. The van der Waals surface area contributed by atoms with Gasteiger partial charge in [0, 0.05) is 0 Å². The summed E-state index contributed by atoms with van der Waals surface area (Å²) in [6.07, 6.45) is 1.79. The van der Waals surface area contributed by atoms with Crippen LogP contribution in [0.3, 0.4) is 0 Å². The molecule has 0 aromatic heterocycles. The van der Waals surface area contributed by atoms with Gasteiger partial charge in [-0.2, -0.15) is 0 Å². The third kappa shape index (κ3) is 3.17. The number of hydrogen-bond acceptors (Lipinski definition) is 2. The standard InChI is InChI=1S/C5H10N2Te/c1-4-6-5(8)7(2)3/h4H,1-3H3. The molecule has 2 nitrogen and oxygen atoms in total. The third-order valence-electron chi connectivity index (χ3n) is 0.622. The number of rotatable bonds is 2. The van der Waals surface area contributed by atoms with E-state index in [2.05, 4.69) is 4.99 Å². The molecule has 0 rings (SSSR count). The Morgan fingerprint density at radius 3 is 2.25 bits per heavy atom. The molecule has 3 heteroatoms. The van der Waals surface area contributed by atoms with Crippen LogP contribution in [-0.4, -0.2) is 50.8 Å². The van der Waals surface area contributed by atoms with Crippen LogP contribution in [-0.2, 0) is 0 Å².